The van der Waals surface area contributed by atoms with E-state index < -0.39 is 0 Å². The number of rotatable bonds is 12. The van der Waals surface area contributed by atoms with Gasteiger partial charge in [0.25, 0.3) is 0 Å². The molecule has 0 aliphatic heterocycles. The Morgan fingerprint density at radius 1 is 1.00 bits per heavy atom. The van der Waals surface area contributed by atoms with E-state index >= 15 is 0 Å². The van der Waals surface area contributed by atoms with Gasteiger partial charge in [0.1, 0.15) is 0 Å². The van der Waals surface area contributed by atoms with Gasteiger partial charge in [-0.3, -0.25) is 4.79 Å². The molecule has 0 saturated heterocycles. The second-order valence-corrected chi connectivity index (χ2v) is 13.5. The fourth-order valence-electron chi connectivity index (χ4n) is 4.31. The highest BCUT2D eigenvalue weighted by atomic mass is 32.2. The second-order valence-electron chi connectivity index (χ2n) is 11.3. The molecule has 0 aliphatic carbocycles. The quantitative estimate of drug-likeness (QED) is 0.402. The first-order valence-corrected chi connectivity index (χ1v) is 11.5. The number of hydrogen-bond donors (Lipinski definition) is 1. The van der Waals surface area contributed by atoms with Gasteiger partial charge in [0.2, 0.25) is 5.91 Å². The Labute approximate surface area is 179 Å². The average molecular weight is 417 g/mol. The molecule has 5 heteroatoms. The summed E-state index contributed by atoms with van der Waals surface area (Å²) in [5.41, 5.74) is -0.417. The average Bonchev–Trinajstić information content (AvgIpc) is 2.41. The Balaban J connectivity index is 4.95. The Morgan fingerprint density at radius 2 is 1.50 bits per heavy atom. The first kappa shape index (κ1) is 27.7. The Kier molecular flexibility index (Phi) is 10.1. The molecule has 0 aromatic carbocycles. The highest BCUT2D eigenvalue weighted by Crippen LogP contribution is 2.41. The van der Waals surface area contributed by atoms with Gasteiger partial charge in [-0.1, -0.05) is 55.4 Å². The number of thioether (sulfide) groups is 1. The van der Waals surface area contributed by atoms with Crippen LogP contribution >= 0.6 is 11.8 Å². The summed E-state index contributed by atoms with van der Waals surface area (Å²) in [5.74, 6) is 0.132. The molecule has 0 aromatic heterocycles. The summed E-state index contributed by atoms with van der Waals surface area (Å²) in [4.78, 5) is 18.4. The van der Waals surface area contributed by atoms with E-state index in [-0.39, 0.29) is 33.1 Å². The molecule has 168 valence electrons. The molecule has 0 aliphatic rings. The lowest BCUT2D eigenvalue weighted by molar-refractivity contribution is -0.240. The number of carbonyl (C=O) groups excluding carboxylic acids is 1. The van der Waals surface area contributed by atoms with Crippen LogP contribution in [0.25, 0.3) is 0 Å². The maximum Gasteiger partial charge on any atom is 0.220 e. The van der Waals surface area contributed by atoms with E-state index in [9.17, 15) is 4.79 Å². The van der Waals surface area contributed by atoms with Gasteiger partial charge in [-0.2, -0.15) is 16.8 Å². The van der Waals surface area contributed by atoms with E-state index in [1.54, 1.807) is 7.11 Å². The zero-order valence-corrected chi connectivity index (χ0v) is 21.8. The lowest BCUT2D eigenvalue weighted by atomic mass is 9.73. The molecule has 0 unspecified atom stereocenters. The van der Waals surface area contributed by atoms with E-state index in [4.69, 9.17) is 4.84 Å². The first-order chi connectivity index (χ1) is 12.4. The van der Waals surface area contributed by atoms with Crippen molar-refractivity contribution in [1.29, 1.82) is 0 Å². The molecule has 0 radical (unpaired) electrons. The van der Waals surface area contributed by atoms with E-state index in [0.29, 0.717) is 18.2 Å². The molecule has 0 saturated carbocycles. The molecule has 0 spiro atoms. The molecule has 0 aromatic rings. The van der Waals surface area contributed by atoms with Gasteiger partial charge < -0.3 is 10.2 Å². The number of nitrogens with zero attached hydrogens (tertiary/aromatic N) is 1. The van der Waals surface area contributed by atoms with Crippen LogP contribution in [0.2, 0.25) is 0 Å². The maximum absolute atomic E-state index is 12.8. The predicted molar refractivity (Wildman–Crippen MR) is 125 cm³/mol. The third kappa shape index (κ3) is 8.62. The SMILES string of the molecule is CON(C(C)C)C(C)(C)C(C)(C)CNC(=O)CC(C)(C)CC(C)(C)SC(C)C. The van der Waals surface area contributed by atoms with E-state index in [1.807, 2.05) is 16.8 Å². The topological polar surface area (TPSA) is 41.6 Å². The van der Waals surface area contributed by atoms with Gasteiger partial charge in [-0.15, -0.1) is 0 Å². The summed E-state index contributed by atoms with van der Waals surface area (Å²) in [6.07, 6.45) is 1.56. The zero-order chi connectivity index (χ0) is 22.6. The summed E-state index contributed by atoms with van der Waals surface area (Å²) in [6, 6.07) is 0.259. The Bertz CT molecular complexity index is 497. The largest absolute Gasteiger partial charge is 0.355 e. The minimum absolute atomic E-state index is 0.0361. The van der Waals surface area contributed by atoms with Crippen molar-refractivity contribution in [3.63, 3.8) is 0 Å². The third-order valence-corrected chi connectivity index (χ3v) is 6.95. The number of hydroxylamine groups is 2. The van der Waals surface area contributed by atoms with E-state index in [0.717, 1.165) is 6.42 Å². The lowest BCUT2D eigenvalue weighted by Gasteiger charge is -2.49. The van der Waals surface area contributed by atoms with Gasteiger partial charge in [0.15, 0.2) is 0 Å². The molecule has 0 rings (SSSR count). The number of amides is 1. The van der Waals surface area contributed by atoms with Crippen molar-refractivity contribution >= 4 is 17.7 Å². The van der Waals surface area contributed by atoms with Gasteiger partial charge >= 0.3 is 0 Å². The molecular formula is C23H48N2O2S. The van der Waals surface area contributed by atoms with Crippen LogP contribution in [-0.2, 0) is 9.63 Å². The molecule has 28 heavy (non-hydrogen) atoms. The predicted octanol–water partition coefficient (Wildman–Crippen LogP) is 5.91. The first-order valence-electron chi connectivity index (χ1n) is 10.6. The fourth-order valence-corrected chi connectivity index (χ4v) is 6.06. The Hall–Kier alpha value is -0.260. The monoisotopic (exact) mass is 416 g/mol. The molecule has 4 nitrogen and oxygen atoms in total. The highest BCUT2D eigenvalue weighted by molar-refractivity contribution is 8.01. The molecular weight excluding hydrogens is 368 g/mol. The molecule has 1 N–H and O–H groups in total. The van der Waals surface area contributed by atoms with E-state index in [2.05, 4.69) is 88.4 Å². The zero-order valence-electron chi connectivity index (χ0n) is 20.9. The minimum atomic E-state index is -0.228. The second kappa shape index (κ2) is 10.2. The van der Waals surface area contributed by atoms with Crippen molar-refractivity contribution in [2.24, 2.45) is 10.8 Å². The number of nitrogens with one attached hydrogen (secondary N) is 1. The molecule has 1 amide bonds. The molecule has 0 heterocycles. The highest BCUT2D eigenvalue weighted by Gasteiger charge is 2.44. The van der Waals surface area contributed by atoms with Crippen molar-refractivity contribution in [3.8, 4) is 0 Å². The Morgan fingerprint density at radius 3 is 1.89 bits per heavy atom. The van der Waals surface area contributed by atoms with Crippen LogP contribution < -0.4 is 5.32 Å². The summed E-state index contributed by atoms with van der Waals surface area (Å²) < 4.78 is 0.162. The van der Waals surface area contributed by atoms with Crippen molar-refractivity contribution in [2.45, 2.75) is 118 Å². The fraction of sp³-hybridized carbons (Fsp3) is 0.957. The van der Waals surface area contributed by atoms with Crippen molar-refractivity contribution in [1.82, 2.24) is 10.4 Å². The molecule has 0 fully saturated rings. The van der Waals surface area contributed by atoms with Gasteiger partial charge in [0.05, 0.1) is 7.11 Å². The van der Waals surface area contributed by atoms with Crippen LogP contribution in [0.4, 0.5) is 0 Å². The molecule has 0 atom stereocenters. The summed E-state index contributed by atoms with van der Waals surface area (Å²) >= 11 is 1.99. The maximum atomic E-state index is 12.8. The van der Waals surface area contributed by atoms with Crippen molar-refractivity contribution in [2.75, 3.05) is 13.7 Å². The summed E-state index contributed by atoms with van der Waals surface area (Å²) in [6.45, 7) is 27.0. The number of hydrogen-bond acceptors (Lipinski definition) is 4. The summed E-state index contributed by atoms with van der Waals surface area (Å²) in [5, 5.41) is 5.81. The van der Waals surface area contributed by atoms with Crippen LogP contribution in [0.1, 0.15) is 95.9 Å². The minimum Gasteiger partial charge on any atom is -0.355 e. The van der Waals surface area contributed by atoms with Crippen LogP contribution in [0.5, 0.6) is 0 Å². The number of carbonyl (C=O) groups is 1. The van der Waals surface area contributed by atoms with Gasteiger partial charge in [0, 0.05) is 34.7 Å². The molecule has 0 bridgehead atoms. The van der Waals surface area contributed by atoms with Gasteiger partial charge in [-0.05, 0) is 44.8 Å². The third-order valence-electron chi connectivity index (χ3n) is 5.70. The normalized spacial score (nSPS) is 14.3. The van der Waals surface area contributed by atoms with Crippen LogP contribution in [0.3, 0.4) is 0 Å². The van der Waals surface area contributed by atoms with Gasteiger partial charge in [-0.25, -0.2) is 0 Å². The van der Waals surface area contributed by atoms with Crippen LogP contribution in [0, 0.1) is 10.8 Å². The standard InChI is InChI=1S/C23H48N2O2S/c1-17(2)25(27-13)23(11,12)21(7,8)16-24-19(26)14-20(5,6)15-22(9,10)28-18(3)4/h17-18H,14-16H2,1-13H3,(H,24,26). The van der Waals surface area contributed by atoms with Crippen LogP contribution in [0.15, 0.2) is 0 Å². The lowest BCUT2D eigenvalue weighted by Crippen LogP contribution is -2.59. The van der Waals surface area contributed by atoms with E-state index in [1.165, 1.54) is 0 Å². The van der Waals surface area contributed by atoms with Crippen LogP contribution in [-0.4, -0.2) is 46.2 Å². The van der Waals surface area contributed by atoms with Crippen molar-refractivity contribution < 1.29 is 9.63 Å². The summed E-state index contributed by atoms with van der Waals surface area (Å²) in [7, 11) is 1.72. The smallest absolute Gasteiger partial charge is 0.220 e. The van der Waals surface area contributed by atoms with Crippen molar-refractivity contribution in [3.05, 3.63) is 0 Å².